The van der Waals surface area contributed by atoms with Crippen LogP contribution in [-0.4, -0.2) is 9.78 Å². The lowest BCUT2D eigenvalue weighted by molar-refractivity contribution is -0.137. The Bertz CT molecular complexity index is 543. The molecule has 2 rings (SSSR count). The molecule has 18 heavy (non-hydrogen) atoms. The van der Waals surface area contributed by atoms with Crippen LogP contribution in [0.15, 0.2) is 30.3 Å². The van der Waals surface area contributed by atoms with Gasteiger partial charge in [-0.05, 0) is 18.2 Å². The van der Waals surface area contributed by atoms with Gasteiger partial charge >= 0.3 is 6.18 Å². The molecule has 0 aliphatic heterocycles. The molecule has 0 radical (unpaired) electrons. The standard InChI is InChI=1S/C12H10ClF3N2/c1-18-10(7-13)6-11(17-18)8-2-4-9(5-3-8)12(14,15)16/h2-6H,7H2,1H3. The molecule has 0 aliphatic rings. The van der Waals surface area contributed by atoms with Crippen LogP contribution in [0, 0.1) is 0 Å². The van der Waals surface area contributed by atoms with Crippen molar-refractivity contribution in [3.63, 3.8) is 0 Å². The smallest absolute Gasteiger partial charge is 0.271 e. The van der Waals surface area contributed by atoms with E-state index in [0.717, 1.165) is 17.8 Å². The largest absolute Gasteiger partial charge is 0.416 e. The summed E-state index contributed by atoms with van der Waals surface area (Å²) in [6.45, 7) is 0. The summed E-state index contributed by atoms with van der Waals surface area (Å²) < 4.78 is 38.8. The fraction of sp³-hybridized carbons (Fsp3) is 0.250. The number of nitrogens with zero attached hydrogens (tertiary/aromatic N) is 2. The minimum Gasteiger partial charge on any atom is -0.271 e. The van der Waals surface area contributed by atoms with Crippen molar-refractivity contribution in [2.45, 2.75) is 12.1 Å². The average molecular weight is 275 g/mol. The number of rotatable bonds is 2. The Morgan fingerprint density at radius 2 is 1.83 bits per heavy atom. The predicted molar refractivity (Wildman–Crippen MR) is 63.2 cm³/mol. The monoisotopic (exact) mass is 274 g/mol. The molecule has 1 heterocycles. The topological polar surface area (TPSA) is 17.8 Å². The molecular formula is C12H10ClF3N2. The first-order valence-corrected chi connectivity index (χ1v) is 5.72. The number of hydrogen-bond donors (Lipinski definition) is 0. The van der Waals surface area contributed by atoms with Gasteiger partial charge < -0.3 is 0 Å². The van der Waals surface area contributed by atoms with Crippen molar-refractivity contribution in [2.75, 3.05) is 0 Å². The third-order valence-corrected chi connectivity index (χ3v) is 2.90. The van der Waals surface area contributed by atoms with Crippen LogP contribution in [0.3, 0.4) is 0 Å². The van der Waals surface area contributed by atoms with E-state index in [4.69, 9.17) is 11.6 Å². The number of hydrogen-bond acceptors (Lipinski definition) is 1. The Kier molecular flexibility index (Phi) is 3.34. The van der Waals surface area contributed by atoms with E-state index in [1.54, 1.807) is 17.8 Å². The van der Waals surface area contributed by atoms with E-state index in [1.807, 2.05) is 0 Å². The molecule has 1 aromatic carbocycles. The minimum absolute atomic E-state index is 0.310. The molecule has 0 amide bonds. The highest BCUT2D eigenvalue weighted by Crippen LogP contribution is 2.30. The van der Waals surface area contributed by atoms with Crippen molar-refractivity contribution in [3.8, 4) is 11.3 Å². The van der Waals surface area contributed by atoms with Crippen molar-refractivity contribution in [1.82, 2.24) is 9.78 Å². The number of alkyl halides is 4. The van der Waals surface area contributed by atoms with Crippen LogP contribution in [0.2, 0.25) is 0 Å². The van der Waals surface area contributed by atoms with Gasteiger partial charge in [-0.15, -0.1) is 11.6 Å². The maximum absolute atomic E-state index is 12.4. The molecule has 0 fully saturated rings. The average Bonchev–Trinajstić information content (AvgIpc) is 2.69. The van der Waals surface area contributed by atoms with Crippen LogP contribution >= 0.6 is 11.6 Å². The van der Waals surface area contributed by atoms with Crippen molar-refractivity contribution in [2.24, 2.45) is 7.05 Å². The summed E-state index contributed by atoms with van der Waals surface area (Å²) in [6, 6.07) is 6.66. The second-order valence-corrected chi connectivity index (χ2v) is 4.12. The Morgan fingerprint density at radius 1 is 1.22 bits per heavy atom. The van der Waals surface area contributed by atoms with Gasteiger partial charge in [-0.25, -0.2) is 0 Å². The Hall–Kier alpha value is -1.49. The number of aromatic nitrogens is 2. The fourth-order valence-electron chi connectivity index (χ4n) is 1.60. The summed E-state index contributed by atoms with van der Waals surface area (Å²) in [7, 11) is 1.74. The molecule has 96 valence electrons. The highest BCUT2D eigenvalue weighted by atomic mass is 35.5. The Labute approximate surface area is 107 Å². The molecule has 0 atom stereocenters. The highest BCUT2D eigenvalue weighted by Gasteiger charge is 2.30. The summed E-state index contributed by atoms with van der Waals surface area (Å²) >= 11 is 5.71. The number of halogens is 4. The van der Waals surface area contributed by atoms with Gasteiger partial charge in [0.05, 0.1) is 22.8 Å². The maximum Gasteiger partial charge on any atom is 0.416 e. The van der Waals surface area contributed by atoms with E-state index in [0.29, 0.717) is 17.1 Å². The summed E-state index contributed by atoms with van der Waals surface area (Å²) in [6.07, 6.45) is -4.32. The molecule has 0 spiro atoms. The van der Waals surface area contributed by atoms with Gasteiger partial charge in [-0.3, -0.25) is 4.68 Å². The van der Waals surface area contributed by atoms with Crippen LogP contribution in [0.25, 0.3) is 11.3 Å². The second kappa shape index (κ2) is 4.65. The van der Waals surface area contributed by atoms with Gasteiger partial charge in [-0.2, -0.15) is 18.3 Å². The molecule has 0 saturated carbocycles. The fourth-order valence-corrected chi connectivity index (χ4v) is 1.85. The Balaban J connectivity index is 2.34. The van der Waals surface area contributed by atoms with E-state index >= 15 is 0 Å². The van der Waals surface area contributed by atoms with Gasteiger partial charge in [-0.1, -0.05) is 12.1 Å². The third-order valence-electron chi connectivity index (χ3n) is 2.62. The van der Waals surface area contributed by atoms with Crippen molar-refractivity contribution >= 4 is 11.6 Å². The molecular weight excluding hydrogens is 265 g/mol. The van der Waals surface area contributed by atoms with E-state index in [1.165, 1.54) is 12.1 Å². The first kappa shape index (κ1) is 13.0. The van der Waals surface area contributed by atoms with Crippen LogP contribution in [0.1, 0.15) is 11.3 Å². The molecule has 1 aromatic heterocycles. The minimum atomic E-state index is -4.32. The Morgan fingerprint density at radius 3 is 2.28 bits per heavy atom. The molecule has 6 heteroatoms. The zero-order valence-corrected chi connectivity index (χ0v) is 10.3. The normalized spacial score (nSPS) is 11.8. The van der Waals surface area contributed by atoms with Crippen molar-refractivity contribution < 1.29 is 13.2 Å². The lowest BCUT2D eigenvalue weighted by atomic mass is 10.1. The lowest BCUT2D eigenvalue weighted by Gasteiger charge is -2.06. The first-order valence-electron chi connectivity index (χ1n) is 5.18. The lowest BCUT2D eigenvalue weighted by Crippen LogP contribution is -2.04. The molecule has 0 aliphatic carbocycles. The van der Waals surface area contributed by atoms with E-state index in [-0.39, 0.29) is 0 Å². The molecule has 0 bridgehead atoms. The first-order chi connectivity index (χ1) is 8.41. The maximum atomic E-state index is 12.4. The molecule has 0 unspecified atom stereocenters. The van der Waals surface area contributed by atoms with E-state index < -0.39 is 11.7 Å². The zero-order valence-electron chi connectivity index (χ0n) is 9.50. The van der Waals surface area contributed by atoms with Crippen LogP contribution in [0.5, 0.6) is 0 Å². The van der Waals surface area contributed by atoms with E-state index in [2.05, 4.69) is 5.10 Å². The van der Waals surface area contributed by atoms with E-state index in [9.17, 15) is 13.2 Å². The van der Waals surface area contributed by atoms with Gasteiger partial charge in [0.2, 0.25) is 0 Å². The van der Waals surface area contributed by atoms with Crippen LogP contribution < -0.4 is 0 Å². The van der Waals surface area contributed by atoms with Crippen LogP contribution in [-0.2, 0) is 19.1 Å². The third kappa shape index (κ3) is 2.51. The van der Waals surface area contributed by atoms with Gasteiger partial charge in [0.15, 0.2) is 0 Å². The van der Waals surface area contributed by atoms with Gasteiger partial charge in [0.1, 0.15) is 0 Å². The van der Waals surface area contributed by atoms with Gasteiger partial charge in [0, 0.05) is 12.6 Å². The molecule has 0 saturated heterocycles. The van der Waals surface area contributed by atoms with Crippen molar-refractivity contribution in [3.05, 3.63) is 41.6 Å². The second-order valence-electron chi connectivity index (χ2n) is 3.85. The summed E-state index contributed by atoms with van der Waals surface area (Å²) in [5.74, 6) is 0.310. The van der Waals surface area contributed by atoms with Gasteiger partial charge in [0.25, 0.3) is 0 Å². The molecule has 2 aromatic rings. The van der Waals surface area contributed by atoms with Crippen LogP contribution in [0.4, 0.5) is 13.2 Å². The zero-order chi connectivity index (χ0) is 13.3. The number of benzene rings is 1. The highest BCUT2D eigenvalue weighted by molar-refractivity contribution is 6.16. The molecule has 2 nitrogen and oxygen atoms in total. The van der Waals surface area contributed by atoms with Crippen molar-refractivity contribution in [1.29, 1.82) is 0 Å². The summed E-state index contributed by atoms with van der Waals surface area (Å²) in [5, 5.41) is 4.19. The summed E-state index contributed by atoms with van der Waals surface area (Å²) in [4.78, 5) is 0. The summed E-state index contributed by atoms with van der Waals surface area (Å²) in [5.41, 5.74) is 1.39. The number of aryl methyl sites for hydroxylation is 1. The predicted octanol–water partition coefficient (Wildman–Crippen LogP) is 3.84. The SMILES string of the molecule is Cn1nc(-c2ccc(C(F)(F)F)cc2)cc1CCl. The quantitative estimate of drug-likeness (QED) is 0.761. The molecule has 0 N–H and O–H groups in total.